The van der Waals surface area contributed by atoms with Gasteiger partial charge in [-0.1, -0.05) is 72.8 Å². The van der Waals surface area contributed by atoms with Crippen LogP contribution in [0.1, 0.15) is 21.5 Å². The predicted octanol–water partition coefficient (Wildman–Crippen LogP) is 4.56. The van der Waals surface area contributed by atoms with E-state index in [0.717, 1.165) is 28.2 Å². The topological polar surface area (TPSA) is 75.3 Å². The van der Waals surface area contributed by atoms with Crippen LogP contribution in [0.15, 0.2) is 97.1 Å². The minimum absolute atomic E-state index is 0.133. The molecule has 0 saturated heterocycles. The Balaban J connectivity index is 1.33. The summed E-state index contributed by atoms with van der Waals surface area (Å²) in [5, 5.41) is 7.84. The van der Waals surface area contributed by atoms with E-state index in [1.807, 2.05) is 72.8 Å². The van der Waals surface area contributed by atoms with E-state index in [2.05, 4.69) is 10.6 Å². The minimum Gasteiger partial charge on any atom is -0.342 e. The van der Waals surface area contributed by atoms with Crippen LogP contribution < -0.4 is 10.6 Å². The summed E-state index contributed by atoms with van der Waals surface area (Å²) in [5.74, 6) is -0.469. The highest BCUT2D eigenvalue weighted by Gasteiger charge is 2.14. The first-order valence-corrected chi connectivity index (χ1v) is 10.8. The molecule has 0 unspecified atom stereocenters. The van der Waals surface area contributed by atoms with Crippen LogP contribution >= 0.6 is 0 Å². The number of anilines is 1. The number of amides is 2. The van der Waals surface area contributed by atoms with Crippen LogP contribution in [0, 0.1) is 0 Å². The lowest BCUT2D eigenvalue weighted by molar-refractivity contribution is -0.115. The van der Waals surface area contributed by atoms with Crippen molar-refractivity contribution < 1.29 is 14.4 Å². The summed E-state index contributed by atoms with van der Waals surface area (Å²) in [5.41, 5.74) is 2.93. The molecule has 0 bridgehead atoms. The van der Waals surface area contributed by atoms with Crippen molar-refractivity contribution in [2.75, 3.05) is 5.32 Å². The number of benzene rings is 4. The molecule has 4 rings (SSSR count). The molecule has 0 heterocycles. The molecule has 4 aromatic carbocycles. The summed E-state index contributed by atoms with van der Waals surface area (Å²) < 4.78 is 0. The summed E-state index contributed by atoms with van der Waals surface area (Å²) in [6, 6.07) is 29.5. The molecule has 0 aromatic heterocycles. The highest BCUT2D eigenvalue weighted by atomic mass is 16.2. The fourth-order valence-corrected chi connectivity index (χ4v) is 3.70. The molecule has 4 aromatic rings. The van der Waals surface area contributed by atoms with E-state index in [-0.39, 0.29) is 18.2 Å². The van der Waals surface area contributed by atoms with Crippen molar-refractivity contribution in [1.82, 2.24) is 5.32 Å². The van der Waals surface area contributed by atoms with Gasteiger partial charge in [-0.15, -0.1) is 0 Å². The zero-order valence-electron chi connectivity index (χ0n) is 18.0. The molecule has 0 saturated carbocycles. The van der Waals surface area contributed by atoms with Gasteiger partial charge in [0.2, 0.25) is 5.91 Å². The van der Waals surface area contributed by atoms with Gasteiger partial charge >= 0.3 is 0 Å². The van der Waals surface area contributed by atoms with E-state index in [9.17, 15) is 14.4 Å². The molecule has 0 aliphatic carbocycles. The van der Waals surface area contributed by atoms with Crippen molar-refractivity contribution in [1.29, 1.82) is 0 Å². The van der Waals surface area contributed by atoms with E-state index in [1.165, 1.54) is 0 Å². The average Bonchev–Trinajstić information content (AvgIpc) is 2.84. The quantitative estimate of drug-likeness (QED) is 0.398. The Morgan fingerprint density at radius 1 is 0.758 bits per heavy atom. The van der Waals surface area contributed by atoms with Gasteiger partial charge in [0.15, 0.2) is 0 Å². The van der Waals surface area contributed by atoms with Crippen molar-refractivity contribution in [3.63, 3.8) is 0 Å². The molecule has 0 spiro atoms. The number of rotatable bonds is 8. The summed E-state index contributed by atoms with van der Waals surface area (Å²) >= 11 is 0. The number of carbonyl (C=O) groups excluding carboxylic acids is 3. The van der Waals surface area contributed by atoms with Crippen molar-refractivity contribution in [3.05, 3.63) is 114 Å². The molecule has 2 amide bonds. The first-order valence-electron chi connectivity index (χ1n) is 10.8. The molecule has 0 aliphatic heterocycles. The van der Waals surface area contributed by atoms with Crippen molar-refractivity contribution in [2.45, 2.75) is 18.9 Å². The van der Waals surface area contributed by atoms with Crippen molar-refractivity contribution in [2.24, 2.45) is 0 Å². The van der Waals surface area contributed by atoms with Gasteiger partial charge in [0, 0.05) is 11.3 Å². The molecule has 33 heavy (non-hydrogen) atoms. The normalized spacial score (nSPS) is 11.5. The SMILES string of the molecule is O=C[C@H](Cc1ccccc1)NC(=O)c1ccc(NC(=O)Cc2ccc3ccccc3c2)cc1. The third-order valence-electron chi connectivity index (χ3n) is 5.39. The second kappa shape index (κ2) is 10.4. The first-order chi connectivity index (χ1) is 16.1. The van der Waals surface area contributed by atoms with Gasteiger partial charge in [-0.05, 0) is 52.6 Å². The van der Waals surface area contributed by atoms with E-state index in [4.69, 9.17) is 0 Å². The third kappa shape index (κ3) is 5.92. The summed E-state index contributed by atoms with van der Waals surface area (Å²) in [4.78, 5) is 36.4. The molecule has 5 heteroatoms. The molecule has 0 aliphatic rings. The monoisotopic (exact) mass is 436 g/mol. The van der Waals surface area contributed by atoms with Gasteiger partial charge in [-0.2, -0.15) is 0 Å². The van der Waals surface area contributed by atoms with E-state index >= 15 is 0 Å². The van der Waals surface area contributed by atoms with Crippen molar-refractivity contribution in [3.8, 4) is 0 Å². The van der Waals surface area contributed by atoms with Gasteiger partial charge in [0.1, 0.15) is 6.29 Å². The van der Waals surface area contributed by atoms with Gasteiger partial charge in [0.05, 0.1) is 12.5 Å². The lowest BCUT2D eigenvalue weighted by atomic mass is 10.0. The van der Waals surface area contributed by atoms with Gasteiger partial charge in [-0.25, -0.2) is 0 Å². The molecular formula is C28H24N2O3. The van der Waals surface area contributed by atoms with Gasteiger partial charge in [0.25, 0.3) is 5.91 Å². The summed E-state index contributed by atoms with van der Waals surface area (Å²) in [7, 11) is 0. The summed E-state index contributed by atoms with van der Waals surface area (Å²) in [6.07, 6.45) is 1.43. The zero-order chi connectivity index (χ0) is 23.0. The maximum Gasteiger partial charge on any atom is 0.251 e. The molecule has 164 valence electrons. The number of aldehydes is 1. The van der Waals surface area contributed by atoms with E-state index < -0.39 is 6.04 Å². The maximum absolute atomic E-state index is 12.5. The Hall–Kier alpha value is -4.25. The fraction of sp³-hybridized carbons (Fsp3) is 0.107. The van der Waals surface area contributed by atoms with Gasteiger partial charge in [-0.3, -0.25) is 9.59 Å². The molecule has 0 fully saturated rings. The Bertz CT molecular complexity index is 1270. The van der Waals surface area contributed by atoms with Crippen LogP contribution in [0.4, 0.5) is 5.69 Å². The number of hydrogen-bond donors (Lipinski definition) is 2. The standard InChI is InChI=1S/C28H24N2O3/c31-19-26(17-20-6-2-1-3-7-20)30-28(33)23-12-14-25(15-13-23)29-27(32)18-21-10-11-22-8-4-5-9-24(22)16-21/h1-16,19,26H,17-18H2,(H,29,32)(H,30,33)/t26-/m0/s1. The van der Waals surface area contributed by atoms with Crippen LogP contribution in [0.25, 0.3) is 10.8 Å². The summed E-state index contributed by atoms with van der Waals surface area (Å²) in [6.45, 7) is 0. The Kier molecular flexibility index (Phi) is 6.90. The molecule has 5 nitrogen and oxygen atoms in total. The van der Waals surface area contributed by atoms with Crippen molar-refractivity contribution >= 4 is 34.6 Å². The second-order valence-electron chi connectivity index (χ2n) is 7.89. The van der Waals surface area contributed by atoms with E-state index in [0.29, 0.717) is 17.7 Å². The first kappa shape index (κ1) is 22.0. The average molecular weight is 437 g/mol. The number of nitrogens with one attached hydrogen (secondary N) is 2. The Labute approximate surface area is 192 Å². The maximum atomic E-state index is 12.5. The number of fused-ring (bicyclic) bond motifs is 1. The van der Waals surface area contributed by atoms with Crippen LogP contribution in [-0.2, 0) is 22.4 Å². The molecule has 0 radical (unpaired) electrons. The van der Waals surface area contributed by atoms with Crippen LogP contribution in [0.2, 0.25) is 0 Å². The lowest BCUT2D eigenvalue weighted by Crippen LogP contribution is -2.37. The molecule has 1 atom stereocenters. The highest BCUT2D eigenvalue weighted by Crippen LogP contribution is 2.17. The largest absolute Gasteiger partial charge is 0.342 e. The van der Waals surface area contributed by atoms with Gasteiger partial charge < -0.3 is 15.4 Å². The van der Waals surface area contributed by atoms with E-state index in [1.54, 1.807) is 24.3 Å². The molecular weight excluding hydrogens is 412 g/mol. The lowest BCUT2D eigenvalue weighted by Gasteiger charge is -2.13. The Morgan fingerprint density at radius 2 is 1.45 bits per heavy atom. The zero-order valence-corrected chi connectivity index (χ0v) is 18.0. The van der Waals surface area contributed by atoms with Crippen LogP contribution in [-0.4, -0.2) is 24.1 Å². The second-order valence-corrected chi connectivity index (χ2v) is 7.89. The smallest absolute Gasteiger partial charge is 0.251 e. The fourth-order valence-electron chi connectivity index (χ4n) is 3.70. The Morgan fingerprint density at radius 3 is 2.18 bits per heavy atom. The third-order valence-corrected chi connectivity index (χ3v) is 5.39. The molecule has 2 N–H and O–H groups in total. The van der Waals surface area contributed by atoms with Crippen LogP contribution in [0.5, 0.6) is 0 Å². The number of hydrogen-bond acceptors (Lipinski definition) is 3. The van der Waals surface area contributed by atoms with Crippen LogP contribution in [0.3, 0.4) is 0 Å². The predicted molar refractivity (Wildman–Crippen MR) is 130 cm³/mol. The minimum atomic E-state index is -0.610. The number of carbonyl (C=O) groups is 3. The highest BCUT2D eigenvalue weighted by molar-refractivity contribution is 5.97.